The summed E-state index contributed by atoms with van der Waals surface area (Å²) in [6.07, 6.45) is 0.616. The molecule has 0 saturated heterocycles. The minimum atomic E-state index is -1.12. The first-order chi connectivity index (χ1) is 23.2. The molecule has 2 aromatic rings. The lowest BCUT2D eigenvalue weighted by Crippen LogP contribution is -2.52. The summed E-state index contributed by atoms with van der Waals surface area (Å²) in [4.78, 5) is 54.9. The van der Waals surface area contributed by atoms with Gasteiger partial charge in [0.2, 0.25) is 23.6 Å². The van der Waals surface area contributed by atoms with E-state index in [-0.39, 0.29) is 45.2 Å². The predicted molar refractivity (Wildman–Crippen MR) is 183 cm³/mol. The van der Waals surface area contributed by atoms with E-state index in [0.29, 0.717) is 46.7 Å². The molecule has 3 rings (SSSR count). The Labute approximate surface area is 282 Å². The number of nitriles is 1. The standard InChI is InChI=1S/C32H44N8O6.C2H6/c1-4-21(18-36-2)32(44)40(3)29-22-6-8-27(46-14-11-35)24(17-22)23-15-20(5-7-26(23)45-13-10-34)16-25(30(42)37-12-9-33)39-28(41)19-38-31(29)43;1-2/h5-8,15,17,21,25,29,36H,4,10-14,16,18-19,34-35H2,1-3H3,(H,37,42)(H,38,43)(H,39,41);1-2H3. The van der Waals surface area contributed by atoms with Gasteiger partial charge in [-0.15, -0.1) is 0 Å². The second kappa shape index (κ2) is 20.5. The molecule has 14 nitrogen and oxygen atoms in total. The summed E-state index contributed by atoms with van der Waals surface area (Å²) in [7, 11) is 3.31. The van der Waals surface area contributed by atoms with Crippen LogP contribution in [0.5, 0.6) is 11.5 Å². The predicted octanol–water partition coefficient (Wildman–Crippen LogP) is 0.597. The number of rotatable bonds is 13. The number of carbonyl (C=O) groups is 4. The van der Waals surface area contributed by atoms with Crippen LogP contribution in [-0.4, -0.2) is 94.6 Å². The van der Waals surface area contributed by atoms with E-state index in [0.717, 1.165) is 0 Å². The third-order valence-electron chi connectivity index (χ3n) is 7.54. The van der Waals surface area contributed by atoms with Crippen molar-refractivity contribution in [3.05, 3.63) is 47.5 Å². The zero-order chi connectivity index (χ0) is 35.6. The number of hydrogen-bond acceptors (Lipinski definition) is 10. The number of fused-ring (bicyclic) bond motifs is 5. The largest absolute Gasteiger partial charge is 0.492 e. The van der Waals surface area contributed by atoms with Gasteiger partial charge in [-0.2, -0.15) is 5.26 Å². The summed E-state index contributed by atoms with van der Waals surface area (Å²) in [5.74, 6) is -1.50. The second-order valence-electron chi connectivity index (χ2n) is 10.8. The first-order valence-electron chi connectivity index (χ1n) is 16.2. The van der Waals surface area contributed by atoms with Crippen LogP contribution >= 0.6 is 0 Å². The number of nitrogens with one attached hydrogen (secondary N) is 4. The van der Waals surface area contributed by atoms with Crippen LogP contribution in [0.4, 0.5) is 0 Å². The van der Waals surface area contributed by atoms with Crippen LogP contribution in [0, 0.1) is 17.2 Å². The second-order valence-corrected chi connectivity index (χ2v) is 10.8. The zero-order valence-electron chi connectivity index (χ0n) is 28.6. The zero-order valence-corrected chi connectivity index (χ0v) is 28.6. The first-order valence-corrected chi connectivity index (χ1v) is 16.2. The fourth-order valence-corrected chi connectivity index (χ4v) is 5.26. The number of nitrogens with zero attached hydrogens (tertiary/aromatic N) is 2. The van der Waals surface area contributed by atoms with E-state index in [1.165, 1.54) is 4.90 Å². The summed E-state index contributed by atoms with van der Waals surface area (Å²) >= 11 is 0. The molecule has 3 unspecified atom stereocenters. The van der Waals surface area contributed by atoms with Gasteiger partial charge in [0.05, 0.1) is 18.5 Å². The minimum absolute atomic E-state index is 0.0729. The van der Waals surface area contributed by atoms with Crippen LogP contribution in [0.25, 0.3) is 11.1 Å². The first kappa shape index (κ1) is 39.5. The third-order valence-corrected chi connectivity index (χ3v) is 7.54. The van der Waals surface area contributed by atoms with Crippen molar-refractivity contribution < 1.29 is 28.7 Å². The maximum Gasteiger partial charge on any atom is 0.247 e. The van der Waals surface area contributed by atoms with Gasteiger partial charge in [0.1, 0.15) is 43.3 Å². The molecule has 48 heavy (non-hydrogen) atoms. The fourth-order valence-electron chi connectivity index (χ4n) is 5.26. The number of carbonyl (C=O) groups excluding carboxylic acids is 4. The summed E-state index contributed by atoms with van der Waals surface area (Å²) in [6.45, 7) is 6.55. The molecule has 1 aliphatic rings. The molecule has 0 radical (unpaired) electrons. The fraction of sp³-hybridized carbons (Fsp3) is 0.500. The molecule has 3 atom stereocenters. The van der Waals surface area contributed by atoms with E-state index in [9.17, 15) is 19.2 Å². The van der Waals surface area contributed by atoms with E-state index < -0.39 is 42.3 Å². The molecule has 4 bridgehead atoms. The molecule has 0 aliphatic carbocycles. The van der Waals surface area contributed by atoms with Gasteiger partial charge < -0.3 is 47.1 Å². The molecule has 0 aromatic heterocycles. The molecule has 8 N–H and O–H groups in total. The average molecular weight is 667 g/mol. The van der Waals surface area contributed by atoms with Gasteiger partial charge in [0.25, 0.3) is 0 Å². The average Bonchev–Trinajstić information content (AvgIpc) is 3.10. The highest BCUT2D eigenvalue weighted by molar-refractivity contribution is 5.94. The Hall–Kier alpha value is -4.71. The molecule has 14 heteroatoms. The molecule has 2 aromatic carbocycles. The number of ether oxygens (including phenoxy) is 2. The van der Waals surface area contributed by atoms with Crippen LogP contribution in [0.3, 0.4) is 0 Å². The van der Waals surface area contributed by atoms with Gasteiger partial charge in [-0.1, -0.05) is 32.9 Å². The Morgan fingerprint density at radius 2 is 1.69 bits per heavy atom. The van der Waals surface area contributed by atoms with Gasteiger partial charge in [-0.05, 0) is 48.9 Å². The summed E-state index contributed by atoms with van der Waals surface area (Å²) in [5, 5.41) is 19.8. The Morgan fingerprint density at radius 1 is 1.06 bits per heavy atom. The normalized spacial score (nSPS) is 16.4. The number of benzene rings is 2. The molecule has 0 spiro atoms. The Morgan fingerprint density at radius 3 is 2.27 bits per heavy atom. The quantitative estimate of drug-likeness (QED) is 0.164. The van der Waals surface area contributed by atoms with Crippen molar-refractivity contribution in [3.8, 4) is 28.7 Å². The van der Waals surface area contributed by atoms with Crippen molar-refractivity contribution in [3.63, 3.8) is 0 Å². The summed E-state index contributed by atoms with van der Waals surface area (Å²) in [6, 6.07) is 10.2. The van der Waals surface area contributed by atoms with E-state index in [4.69, 9.17) is 26.2 Å². The van der Waals surface area contributed by atoms with Crippen LogP contribution in [0.15, 0.2) is 36.4 Å². The van der Waals surface area contributed by atoms with Crippen molar-refractivity contribution in [1.82, 2.24) is 26.2 Å². The highest BCUT2D eigenvalue weighted by Crippen LogP contribution is 2.40. The van der Waals surface area contributed by atoms with Crippen molar-refractivity contribution in [2.75, 3.05) is 60.0 Å². The minimum Gasteiger partial charge on any atom is -0.492 e. The van der Waals surface area contributed by atoms with Crippen molar-refractivity contribution in [2.45, 2.75) is 45.7 Å². The van der Waals surface area contributed by atoms with Crippen LogP contribution in [0.2, 0.25) is 0 Å². The molecular weight excluding hydrogens is 616 g/mol. The number of amides is 4. The van der Waals surface area contributed by atoms with Gasteiger partial charge in [-0.25, -0.2) is 0 Å². The van der Waals surface area contributed by atoms with E-state index in [1.54, 1.807) is 44.4 Å². The number of likely N-dealkylation sites (N-methyl/N-ethyl adjacent to an activating group) is 1. The molecule has 1 heterocycles. The van der Waals surface area contributed by atoms with Gasteiger partial charge in [-0.3, -0.25) is 19.2 Å². The molecule has 4 amide bonds. The van der Waals surface area contributed by atoms with Crippen molar-refractivity contribution in [2.24, 2.45) is 17.4 Å². The highest BCUT2D eigenvalue weighted by atomic mass is 16.5. The van der Waals surface area contributed by atoms with Crippen molar-refractivity contribution >= 4 is 23.6 Å². The van der Waals surface area contributed by atoms with Crippen LogP contribution < -0.4 is 42.2 Å². The van der Waals surface area contributed by atoms with E-state index >= 15 is 0 Å². The highest BCUT2D eigenvalue weighted by Gasteiger charge is 2.33. The molecule has 1 aliphatic heterocycles. The molecular formula is C34H50N8O6. The monoisotopic (exact) mass is 666 g/mol. The van der Waals surface area contributed by atoms with Gasteiger partial charge in [0, 0.05) is 44.2 Å². The number of nitrogens with two attached hydrogens (primary N) is 2. The van der Waals surface area contributed by atoms with Crippen LogP contribution in [0.1, 0.15) is 44.4 Å². The summed E-state index contributed by atoms with van der Waals surface area (Å²) in [5.41, 5.74) is 13.8. The maximum absolute atomic E-state index is 13.8. The molecule has 0 fully saturated rings. The van der Waals surface area contributed by atoms with Crippen molar-refractivity contribution in [1.29, 1.82) is 5.26 Å². The lowest BCUT2D eigenvalue weighted by Gasteiger charge is -2.31. The smallest absolute Gasteiger partial charge is 0.247 e. The topological polar surface area (TPSA) is 214 Å². The van der Waals surface area contributed by atoms with Gasteiger partial charge in [0.15, 0.2) is 0 Å². The lowest BCUT2D eigenvalue weighted by molar-refractivity contribution is -0.142. The molecule has 0 saturated carbocycles. The Balaban J connectivity index is 0.00000392. The van der Waals surface area contributed by atoms with Gasteiger partial charge >= 0.3 is 0 Å². The third kappa shape index (κ3) is 10.7. The lowest BCUT2D eigenvalue weighted by atomic mass is 9.93. The van der Waals surface area contributed by atoms with E-state index in [2.05, 4.69) is 21.3 Å². The maximum atomic E-state index is 13.8. The van der Waals surface area contributed by atoms with Crippen LogP contribution in [-0.2, 0) is 25.6 Å². The Bertz CT molecular complexity index is 1430. The summed E-state index contributed by atoms with van der Waals surface area (Å²) < 4.78 is 12.0. The van der Waals surface area contributed by atoms with E-state index in [1.807, 2.05) is 32.9 Å². The molecule has 262 valence electrons. The Kier molecular flexibility index (Phi) is 16.9. The SMILES string of the molecule is CC.CCC(CNC)C(=O)N(C)C1C(=O)NCC(=O)NC(C(=O)NCC#N)Cc2ccc(OCCN)c(c2)-c2cc1ccc2OCCN. The number of hydrogen-bond donors (Lipinski definition) is 6.